The topological polar surface area (TPSA) is 69.6 Å². The number of hydrogen-bond acceptors (Lipinski definition) is 4. The zero-order valence-electron chi connectivity index (χ0n) is 18.1. The lowest BCUT2D eigenvalue weighted by Gasteiger charge is -2.14. The molecule has 0 saturated carbocycles. The van der Waals surface area contributed by atoms with Gasteiger partial charge >= 0.3 is 0 Å². The lowest BCUT2D eigenvalue weighted by Crippen LogP contribution is -2.29. The van der Waals surface area contributed by atoms with E-state index in [9.17, 15) is 18.4 Å². The van der Waals surface area contributed by atoms with Crippen LogP contribution in [0.4, 0.5) is 14.5 Å². The number of nitrogens with one attached hydrogen (secondary N) is 1. The summed E-state index contributed by atoms with van der Waals surface area (Å²) in [7, 11) is 0. The van der Waals surface area contributed by atoms with Gasteiger partial charge in [-0.25, -0.2) is 8.78 Å². The van der Waals surface area contributed by atoms with Crippen LogP contribution < -0.4 is 20.3 Å². The Kier molecular flexibility index (Phi) is 7.40. The number of carbonyl (C=O) groups excluding carboxylic acids is 1. The predicted molar refractivity (Wildman–Crippen MR) is 122 cm³/mol. The summed E-state index contributed by atoms with van der Waals surface area (Å²) in [6.45, 7) is 7.23. The molecule has 0 saturated heterocycles. The van der Waals surface area contributed by atoms with E-state index < -0.39 is 23.1 Å². The average molecular weight is 452 g/mol. The summed E-state index contributed by atoms with van der Waals surface area (Å²) in [5.41, 5.74) is -0.459. The molecular formula is C25H22F2N2O4. The standard InChI is InChI=1S/C25H22F2N2O4/c1-4-19(5-2)33-21-12-9-17(15-20(21)27)28-24(30)23-22(32-6-3)13-14-29(25(23)31)18-10-7-16(26)8-11-18/h4-5,7-15H,1,6H2,2-3H3,(H,28,30)/b19-5+. The molecule has 1 N–H and O–H groups in total. The zero-order chi connectivity index (χ0) is 24.0. The van der Waals surface area contributed by atoms with Gasteiger partial charge in [0.1, 0.15) is 22.9 Å². The van der Waals surface area contributed by atoms with Crippen LogP contribution in [0.3, 0.4) is 0 Å². The van der Waals surface area contributed by atoms with Gasteiger partial charge in [0.25, 0.3) is 11.5 Å². The van der Waals surface area contributed by atoms with Gasteiger partial charge in [-0.15, -0.1) is 0 Å². The molecule has 0 radical (unpaired) electrons. The lowest BCUT2D eigenvalue weighted by molar-refractivity contribution is 0.102. The van der Waals surface area contributed by atoms with E-state index in [0.717, 1.165) is 6.07 Å². The predicted octanol–water partition coefficient (Wildman–Crippen LogP) is 5.24. The van der Waals surface area contributed by atoms with Crippen molar-refractivity contribution in [3.05, 3.63) is 107 Å². The highest BCUT2D eigenvalue weighted by atomic mass is 19.1. The Hall–Kier alpha value is -4.20. The molecule has 0 unspecified atom stereocenters. The number of hydrogen-bond donors (Lipinski definition) is 1. The Morgan fingerprint density at radius 3 is 2.45 bits per heavy atom. The summed E-state index contributed by atoms with van der Waals surface area (Å²) >= 11 is 0. The zero-order valence-corrected chi connectivity index (χ0v) is 18.1. The minimum Gasteiger partial charge on any atom is -0.493 e. The molecule has 3 aromatic rings. The first-order valence-electron chi connectivity index (χ1n) is 10.1. The molecule has 0 aliphatic carbocycles. The van der Waals surface area contributed by atoms with E-state index in [4.69, 9.17) is 9.47 Å². The Labute approximate surface area is 189 Å². The number of ether oxygens (including phenoxy) is 2. The molecule has 0 aliphatic rings. The van der Waals surface area contributed by atoms with Gasteiger partial charge in [0.2, 0.25) is 0 Å². The number of halogens is 2. The Morgan fingerprint density at radius 2 is 1.85 bits per heavy atom. The molecule has 8 heteroatoms. The Morgan fingerprint density at radius 1 is 1.12 bits per heavy atom. The first-order valence-corrected chi connectivity index (χ1v) is 10.1. The fourth-order valence-corrected chi connectivity index (χ4v) is 3.01. The summed E-state index contributed by atoms with van der Waals surface area (Å²) in [5, 5.41) is 2.51. The minimum atomic E-state index is -0.784. The van der Waals surface area contributed by atoms with E-state index >= 15 is 0 Å². The van der Waals surface area contributed by atoms with Gasteiger partial charge in [0, 0.05) is 23.6 Å². The average Bonchev–Trinajstić information content (AvgIpc) is 2.80. The largest absolute Gasteiger partial charge is 0.493 e. The quantitative estimate of drug-likeness (QED) is 0.375. The molecule has 1 heterocycles. The summed E-state index contributed by atoms with van der Waals surface area (Å²) in [6.07, 6.45) is 4.49. The van der Waals surface area contributed by atoms with Crippen molar-refractivity contribution in [3.63, 3.8) is 0 Å². The van der Waals surface area contributed by atoms with Crippen molar-refractivity contribution in [3.8, 4) is 17.2 Å². The van der Waals surface area contributed by atoms with Crippen LogP contribution in [-0.2, 0) is 0 Å². The third kappa shape index (κ3) is 5.35. The second kappa shape index (κ2) is 10.4. The fourth-order valence-electron chi connectivity index (χ4n) is 3.01. The summed E-state index contributed by atoms with van der Waals surface area (Å²) in [6, 6.07) is 10.6. The number of carbonyl (C=O) groups is 1. The third-order valence-electron chi connectivity index (χ3n) is 4.59. The molecule has 6 nitrogen and oxygen atoms in total. The van der Waals surface area contributed by atoms with Crippen LogP contribution in [0.2, 0.25) is 0 Å². The van der Waals surface area contributed by atoms with E-state index in [1.807, 2.05) is 0 Å². The van der Waals surface area contributed by atoms with E-state index in [1.165, 1.54) is 59.3 Å². The van der Waals surface area contributed by atoms with Crippen molar-refractivity contribution < 1.29 is 23.0 Å². The van der Waals surface area contributed by atoms with Crippen molar-refractivity contribution >= 4 is 11.6 Å². The second-order valence-corrected chi connectivity index (χ2v) is 6.74. The van der Waals surface area contributed by atoms with E-state index in [2.05, 4.69) is 11.9 Å². The first-order chi connectivity index (χ1) is 15.9. The maximum absolute atomic E-state index is 14.5. The maximum atomic E-state index is 14.5. The molecule has 3 rings (SSSR count). The molecule has 1 aromatic heterocycles. The molecule has 1 amide bonds. The van der Waals surface area contributed by atoms with Crippen LogP contribution in [0.15, 0.2) is 84.0 Å². The Balaban J connectivity index is 1.95. The van der Waals surface area contributed by atoms with Crippen molar-refractivity contribution in [1.82, 2.24) is 4.57 Å². The van der Waals surface area contributed by atoms with Gasteiger partial charge in [-0.2, -0.15) is 0 Å². The van der Waals surface area contributed by atoms with Gasteiger partial charge in [0.05, 0.1) is 6.61 Å². The summed E-state index contributed by atoms with van der Waals surface area (Å²) in [5.74, 6) is -1.56. The number of nitrogens with zero attached hydrogens (tertiary/aromatic N) is 1. The van der Waals surface area contributed by atoms with Crippen molar-refractivity contribution in [2.24, 2.45) is 0 Å². The smallest absolute Gasteiger partial charge is 0.271 e. The molecule has 33 heavy (non-hydrogen) atoms. The molecule has 0 bridgehead atoms. The van der Waals surface area contributed by atoms with Crippen LogP contribution in [0.5, 0.6) is 11.5 Å². The molecule has 0 atom stereocenters. The van der Waals surface area contributed by atoms with Crippen LogP contribution in [0.1, 0.15) is 24.2 Å². The van der Waals surface area contributed by atoms with Crippen LogP contribution in [0, 0.1) is 11.6 Å². The van der Waals surface area contributed by atoms with Crippen LogP contribution in [-0.4, -0.2) is 17.1 Å². The third-order valence-corrected chi connectivity index (χ3v) is 4.59. The van der Waals surface area contributed by atoms with E-state index in [0.29, 0.717) is 11.4 Å². The lowest BCUT2D eigenvalue weighted by atomic mass is 10.2. The maximum Gasteiger partial charge on any atom is 0.271 e. The highest BCUT2D eigenvalue weighted by molar-refractivity contribution is 6.06. The number of anilines is 1. The molecule has 0 fully saturated rings. The van der Waals surface area contributed by atoms with Gasteiger partial charge in [-0.3, -0.25) is 14.2 Å². The summed E-state index contributed by atoms with van der Waals surface area (Å²) in [4.78, 5) is 26.1. The second-order valence-electron chi connectivity index (χ2n) is 6.74. The first kappa shape index (κ1) is 23.5. The van der Waals surface area contributed by atoms with E-state index in [1.54, 1.807) is 19.9 Å². The molecule has 170 valence electrons. The number of pyridine rings is 1. The van der Waals surface area contributed by atoms with E-state index in [-0.39, 0.29) is 29.4 Å². The number of allylic oxidation sites excluding steroid dienone is 2. The normalized spacial score (nSPS) is 11.1. The fraction of sp³-hybridized carbons (Fsp3) is 0.120. The van der Waals surface area contributed by atoms with Crippen LogP contribution in [0.25, 0.3) is 5.69 Å². The highest BCUT2D eigenvalue weighted by Gasteiger charge is 2.21. The number of benzene rings is 2. The SMILES string of the molecule is C=C/C(=C\C)Oc1ccc(NC(=O)c2c(OCC)ccn(-c3ccc(F)cc3)c2=O)cc1F. The number of amides is 1. The van der Waals surface area contributed by atoms with Gasteiger partial charge in [-0.1, -0.05) is 6.58 Å². The minimum absolute atomic E-state index is 0.0469. The summed E-state index contributed by atoms with van der Waals surface area (Å²) < 4.78 is 39.8. The number of rotatable bonds is 8. The highest BCUT2D eigenvalue weighted by Crippen LogP contribution is 2.24. The monoisotopic (exact) mass is 452 g/mol. The van der Waals surface area contributed by atoms with Crippen molar-refractivity contribution in [2.75, 3.05) is 11.9 Å². The van der Waals surface area contributed by atoms with Gasteiger partial charge in [0.15, 0.2) is 11.6 Å². The number of aromatic nitrogens is 1. The van der Waals surface area contributed by atoms with Crippen LogP contribution >= 0.6 is 0 Å². The molecular weight excluding hydrogens is 430 g/mol. The van der Waals surface area contributed by atoms with Crippen molar-refractivity contribution in [2.45, 2.75) is 13.8 Å². The molecule has 0 aliphatic heterocycles. The molecule has 2 aromatic carbocycles. The van der Waals surface area contributed by atoms with Gasteiger partial charge < -0.3 is 14.8 Å². The van der Waals surface area contributed by atoms with Crippen molar-refractivity contribution in [1.29, 1.82) is 0 Å². The molecule has 0 spiro atoms. The Bertz CT molecular complexity index is 1260. The van der Waals surface area contributed by atoms with Gasteiger partial charge in [-0.05, 0) is 68.5 Å².